The fraction of sp³-hybridized carbons (Fsp3) is 0.348. The quantitative estimate of drug-likeness (QED) is 0.808. The summed E-state index contributed by atoms with van der Waals surface area (Å²) in [5, 5.41) is 2.93. The molecule has 142 valence electrons. The fourth-order valence-electron chi connectivity index (χ4n) is 3.17. The molecule has 3 rings (SSSR count). The zero-order valence-corrected chi connectivity index (χ0v) is 16.5. The highest BCUT2D eigenvalue weighted by atomic mass is 16.1. The van der Waals surface area contributed by atoms with Crippen molar-refractivity contribution in [2.45, 2.75) is 19.8 Å². The number of anilines is 2. The fourth-order valence-corrected chi connectivity index (χ4v) is 3.17. The number of nitrogens with zero attached hydrogens (tertiary/aromatic N) is 2. The van der Waals surface area contributed by atoms with Crippen molar-refractivity contribution >= 4 is 23.4 Å². The van der Waals surface area contributed by atoms with Gasteiger partial charge >= 0.3 is 0 Å². The molecule has 1 saturated heterocycles. The molecule has 1 amide bonds. The maximum atomic E-state index is 12.2. The average molecular weight is 364 g/mol. The summed E-state index contributed by atoms with van der Waals surface area (Å²) >= 11 is 0. The van der Waals surface area contributed by atoms with Crippen molar-refractivity contribution in [2.24, 2.45) is 0 Å². The van der Waals surface area contributed by atoms with E-state index in [-0.39, 0.29) is 5.91 Å². The van der Waals surface area contributed by atoms with Gasteiger partial charge in [0.05, 0.1) is 0 Å². The lowest BCUT2D eigenvalue weighted by Gasteiger charge is -2.34. The average Bonchev–Trinajstić information content (AvgIpc) is 2.68. The van der Waals surface area contributed by atoms with Crippen molar-refractivity contribution in [2.75, 3.05) is 43.4 Å². The van der Waals surface area contributed by atoms with Gasteiger partial charge in [-0.25, -0.2) is 0 Å². The van der Waals surface area contributed by atoms with E-state index in [1.54, 1.807) is 6.08 Å². The molecule has 0 aromatic heterocycles. The standard InChI is InChI=1S/C23H29N3O/c1-18(2)20-7-4-19(5-8-20)6-13-23(27)24-21-9-11-22(12-10-21)26-16-14-25(3)15-17-26/h4-13,18H,14-17H2,1-3H3,(H,24,27)/b13-6+. The molecule has 1 heterocycles. The summed E-state index contributed by atoms with van der Waals surface area (Å²) in [7, 11) is 2.15. The summed E-state index contributed by atoms with van der Waals surface area (Å²) in [6.45, 7) is 8.60. The van der Waals surface area contributed by atoms with Gasteiger partial charge < -0.3 is 15.1 Å². The zero-order chi connectivity index (χ0) is 19.2. The van der Waals surface area contributed by atoms with Gasteiger partial charge in [0.25, 0.3) is 0 Å². The summed E-state index contributed by atoms with van der Waals surface area (Å²) in [6.07, 6.45) is 3.43. The van der Waals surface area contributed by atoms with E-state index in [0.717, 1.165) is 37.4 Å². The molecule has 0 bridgehead atoms. The molecule has 1 N–H and O–H groups in total. The second-order valence-electron chi connectivity index (χ2n) is 7.48. The third-order valence-corrected chi connectivity index (χ3v) is 5.03. The first-order valence-corrected chi connectivity index (χ1v) is 9.64. The Balaban J connectivity index is 1.54. The molecule has 0 unspecified atom stereocenters. The Morgan fingerprint density at radius 1 is 0.963 bits per heavy atom. The third-order valence-electron chi connectivity index (χ3n) is 5.03. The Morgan fingerprint density at radius 2 is 1.59 bits per heavy atom. The smallest absolute Gasteiger partial charge is 0.248 e. The van der Waals surface area contributed by atoms with Crippen LogP contribution in [0.5, 0.6) is 0 Å². The number of amides is 1. The van der Waals surface area contributed by atoms with Crippen LogP contribution >= 0.6 is 0 Å². The number of hydrogen-bond donors (Lipinski definition) is 1. The lowest BCUT2D eigenvalue weighted by molar-refractivity contribution is -0.111. The first kappa shape index (κ1) is 19.2. The number of carbonyl (C=O) groups is 1. The Kier molecular flexibility index (Phi) is 6.30. The number of likely N-dealkylation sites (N-methyl/N-ethyl adjacent to an activating group) is 1. The summed E-state index contributed by atoms with van der Waals surface area (Å²) in [4.78, 5) is 16.9. The molecule has 1 fully saturated rings. The van der Waals surface area contributed by atoms with E-state index < -0.39 is 0 Å². The van der Waals surface area contributed by atoms with Crippen molar-refractivity contribution in [3.63, 3.8) is 0 Å². The van der Waals surface area contributed by atoms with E-state index in [0.29, 0.717) is 5.92 Å². The molecule has 1 aliphatic heterocycles. The van der Waals surface area contributed by atoms with E-state index in [9.17, 15) is 4.79 Å². The zero-order valence-electron chi connectivity index (χ0n) is 16.5. The molecule has 0 spiro atoms. The van der Waals surface area contributed by atoms with Gasteiger partial charge in [-0.3, -0.25) is 4.79 Å². The lowest BCUT2D eigenvalue weighted by Crippen LogP contribution is -2.44. The Morgan fingerprint density at radius 3 is 2.19 bits per heavy atom. The van der Waals surface area contributed by atoms with Crippen molar-refractivity contribution in [1.82, 2.24) is 4.90 Å². The van der Waals surface area contributed by atoms with Crippen LogP contribution in [0.25, 0.3) is 6.08 Å². The molecule has 4 nitrogen and oxygen atoms in total. The monoisotopic (exact) mass is 363 g/mol. The minimum atomic E-state index is -0.115. The van der Waals surface area contributed by atoms with E-state index in [2.05, 4.69) is 60.3 Å². The molecule has 4 heteroatoms. The number of rotatable bonds is 5. The molecule has 0 saturated carbocycles. The number of piperazine rings is 1. The number of hydrogen-bond acceptors (Lipinski definition) is 3. The molecule has 1 aliphatic rings. The number of carbonyl (C=O) groups excluding carboxylic acids is 1. The normalized spacial score (nSPS) is 15.5. The van der Waals surface area contributed by atoms with Crippen molar-refractivity contribution < 1.29 is 4.79 Å². The SMILES string of the molecule is CC(C)c1ccc(/C=C/C(=O)Nc2ccc(N3CCN(C)CC3)cc2)cc1. The molecular formula is C23H29N3O. The first-order chi connectivity index (χ1) is 13.0. The van der Waals surface area contributed by atoms with Gasteiger partial charge in [0.2, 0.25) is 5.91 Å². The Bertz CT molecular complexity index is 770. The van der Waals surface area contributed by atoms with Crippen LogP contribution in [0.3, 0.4) is 0 Å². The van der Waals surface area contributed by atoms with E-state index in [1.807, 2.05) is 30.3 Å². The predicted molar refractivity (Wildman–Crippen MR) is 114 cm³/mol. The molecule has 27 heavy (non-hydrogen) atoms. The molecule has 2 aromatic carbocycles. The van der Waals surface area contributed by atoms with Crippen LogP contribution in [0, 0.1) is 0 Å². The molecular weight excluding hydrogens is 334 g/mol. The van der Waals surface area contributed by atoms with Crippen LogP contribution in [0.15, 0.2) is 54.6 Å². The number of nitrogens with one attached hydrogen (secondary N) is 1. The van der Waals surface area contributed by atoms with Crippen molar-refractivity contribution in [1.29, 1.82) is 0 Å². The van der Waals surface area contributed by atoms with Gasteiger partial charge in [-0.05, 0) is 54.4 Å². The third kappa shape index (κ3) is 5.44. The predicted octanol–water partition coefficient (Wildman–Crippen LogP) is 4.21. The van der Waals surface area contributed by atoms with Crippen LogP contribution in [0.2, 0.25) is 0 Å². The van der Waals surface area contributed by atoms with Gasteiger partial charge in [-0.15, -0.1) is 0 Å². The summed E-state index contributed by atoms with van der Waals surface area (Å²) in [5.41, 5.74) is 4.36. The van der Waals surface area contributed by atoms with Gasteiger partial charge in [-0.1, -0.05) is 38.1 Å². The molecule has 0 atom stereocenters. The Hall–Kier alpha value is -2.59. The largest absolute Gasteiger partial charge is 0.369 e. The van der Waals surface area contributed by atoms with Gasteiger partial charge in [0, 0.05) is 43.6 Å². The highest BCUT2D eigenvalue weighted by molar-refractivity contribution is 6.02. The second-order valence-corrected chi connectivity index (χ2v) is 7.48. The van der Waals surface area contributed by atoms with Crippen LogP contribution in [0.4, 0.5) is 11.4 Å². The lowest BCUT2D eigenvalue weighted by atomic mass is 10.0. The Labute approximate surface area is 162 Å². The van der Waals surface area contributed by atoms with Crippen molar-refractivity contribution in [3.8, 4) is 0 Å². The maximum Gasteiger partial charge on any atom is 0.248 e. The van der Waals surface area contributed by atoms with Crippen LogP contribution in [-0.4, -0.2) is 44.0 Å². The molecule has 2 aromatic rings. The van der Waals surface area contributed by atoms with Crippen LogP contribution in [0.1, 0.15) is 30.9 Å². The highest BCUT2D eigenvalue weighted by Crippen LogP contribution is 2.19. The summed E-state index contributed by atoms with van der Waals surface area (Å²) < 4.78 is 0. The van der Waals surface area contributed by atoms with E-state index in [4.69, 9.17) is 0 Å². The maximum absolute atomic E-state index is 12.2. The van der Waals surface area contributed by atoms with Gasteiger partial charge in [0.1, 0.15) is 0 Å². The van der Waals surface area contributed by atoms with E-state index in [1.165, 1.54) is 11.3 Å². The molecule has 0 aliphatic carbocycles. The van der Waals surface area contributed by atoms with Gasteiger partial charge in [-0.2, -0.15) is 0 Å². The minimum absolute atomic E-state index is 0.115. The van der Waals surface area contributed by atoms with Crippen LogP contribution in [-0.2, 0) is 4.79 Å². The van der Waals surface area contributed by atoms with Crippen molar-refractivity contribution in [3.05, 3.63) is 65.7 Å². The van der Waals surface area contributed by atoms with E-state index >= 15 is 0 Å². The first-order valence-electron chi connectivity index (χ1n) is 9.64. The summed E-state index contributed by atoms with van der Waals surface area (Å²) in [6, 6.07) is 16.4. The summed E-state index contributed by atoms with van der Waals surface area (Å²) in [5.74, 6) is 0.399. The van der Waals surface area contributed by atoms with Crippen LogP contribution < -0.4 is 10.2 Å². The topological polar surface area (TPSA) is 35.6 Å². The molecule has 0 radical (unpaired) electrons. The highest BCUT2D eigenvalue weighted by Gasteiger charge is 2.13. The second kappa shape index (κ2) is 8.87. The minimum Gasteiger partial charge on any atom is -0.369 e. The van der Waals surface area contributed by atoms with Gasteiger partial charge in [0.15, 0.2) is 0 Å². The number of benzene rings is 2.